The van der Waals surface area contributed by atoms with Crippen molar-refractivity contribution in [2.24, 2.45) is 11.3 Å². The molecule has 0 aromatic carbocycles. The van der Waals surface area contributed by atoms with Crippen molar-refractivity contribution in [2.45, 2.75) is 83.1 Å². The number of carbonyl (C=O) groups is 1. The molecule has 10 nitrogen and oxygen atoms in total. The summed E-state index contributed by atoms with van der Waals surface area (Å²) in [5.74, 6) is 1.24. The zero-order chi connectivity index (χ0) is 28.3. The Kier molecular flexibility index (Phi) is 6.47. The molecule has 1 amide bonds. The highest BCUT2D eigenvalue weighted by Gasteiger charge is 2.41. The highest BCUT2D eigenvalue weighted by molar-refractivity contribution is 7.90. The van der Waals surface area contributed by atoms with Crippen molar-refractivity contribution < 1.29 is 17.9 Å². The SMILES string of the molecule is Cc1[nH]c2cc1S(=O)(=O)NC(=O)c1ccc(-n3ccc(OCCC4(C)CC4)n3)nc1N1CC(CCC2)CC1(C)C. The van der Waals surface area contributed by atoms with Crippen LogP contribution in [-0.4, -0.2) is 52.8 Å². The number of amides is 1. The third-order valence-corrected chi connectivity index (χ3v) is 10.2. The molecule has 0 spiro atoms. The first-order valence-electron chi connectivity index (χ1n) is 14.2. The van der Waals surface area contributed by atoms with Crippen LogP contribution in [0.2, 0.25) is 0 Å². The molecule has 214 valence electrons. The molecule has 1 saturated heterocycles. The number of anilines is 1. The molecule has 5 heterocycles. The van der Waals surface area contributed by atoms with E-state index in [0.717, 1.165) is 44.3 Å². The van der Waals surface area contributed by atoms with E-state index < -0.39 is 15.9 Å². The number of carbonyl (C=O) groups excluding carboxylic acids is 1. The van der Waals surface area contributed by atoms with Crippen molar-refractivity contribution in [3.63, 3.8) is 0 Å². The lowest BCUT2D eigenvalue weighted by Crippen LogP contribution is -2.41. The smallest absolute Gasteiger partial charge is 0.268 e. The van der Waals surface area contributed by atoms with Crippen molar-refractivity contribution in [3.8, 4) is 11.7 Å². The highest BCUT2D eigenvalue weighted by atomic mass is 32.2. The number of rotatable bonds is 5. The van der Waals surface area contributed by atoms with Crippen LogP contribution < -0.4 is 14.4 Å². The van der Waals surface area contributed by atoms with Gasteiger partial charge in [0.1, 0.15) is 10.7 Å². The quantitative estimate of drug-likeness (QED) is 0.465. The van der Waals surface area contributed by atoms with Gasteiger partial charge in [-0.15, -0.1) is 5.10 Å². The number of ether oxygens (including phenoxy) is 1. The molecule has 2 fully saturated rings. The predicted octanol–water partition coefficient (Wildman–Crippen LogP) is 4.53. The fraction of sp³-hybridized carbons (Fsp3) is 0.552. The summed E-state index contributed by atoms with van der Waals surface area (Å²) in [6, 6.07) is 6.79. The number of pyridine rings is 1. The number of nitrogens with zero attached hydrogens (tertiary/aromatic N) is 4. The van der Waals surface area contributed by atoms with Crippen LogP contribution >= 0.6 is 0 Å². The van der Waals surface area contributed by atoms with Gasteiger partial charge in [0.25, 0.3) is 15.9 Å². The third-order valence-electron chi connectivity index (χ3n) is 8.78. The van der Waals surface area contributed by atoms with Crippen LogP contribution in [0.15, 0.2) is 35.4 Å². The number of nitrogens with one attached hydrogen (secondary N) is 2. The lowest BCUT2D eigenvalue weighted by Gasteiger charge is -2.34. The van der Waals surface area contributed by atoms with Crippen LogP contribution in [0.5, 0.6) is 5.88 Å². The van der Waals surface area contributed by atoms with Crippen molar-refractivity contribution in [2.75, 3.05) is 18.1 Å². The Bertz CT molecular complexity index is 1550. The van der Waals surface area contributed by atoms with Gasteiger partial charge in [-0.25, -0.2) is 22.8 Å². The molecular formula is C29H38N6O4S. The summed E-state index contributed by atoms with van der Waals surface area (Å²) in [5.41, 5.74) is 1.75. The largest absolute Gasteiger partial charge is 0.477 e. The molecule has 1 unspecified atom stereocenters. The summed E-state index contributed by atoms with van der Waals surface area (Å²) < 4.78 is 36.3. The molecular weight excluding hydrogens is 528 g/mol. The maximum atomic E-state index is 13.6. The van der Waals surface area contributed by atoms with Gasteiger partial charge in [0.15, 0.2) is 5.82 Å². The van der Waals surface area contributed by atoms with Crippen LogP contribution in [0.3, 0.4) is 0 Å². The first-order chi connectivity index (χ1) is 18.9. The van der Waals surface area contributed by atoms with Crippen molar-refractivity contribution >= 4 is 21.7 Å². The van der Waals surface area contributed by atoms with Gasteiger partial charge in [-0.1, -0.05) is 6.92 Å². The first-order valence-corrected chi connectivity index (χ1v) is 15.6. The predicted molar refractivity (Wildman–Crippen MR) is 151 cm³/mol. The van der Waals surface area contributed by atoms with Crippen LogP contribution in [0, 0.1) is 18.3 Å². The van der Waals surface area contributed by atoms with E-state index in [2.05, 4.69) is 40.5 Å². The fourth-order valence-electron chi connectivity index (χ4n) is 6.11. The van der Waals surface area contributed by atoms with Gasteiger partial charge < -0.3 is 14.6 Å². The van der Waals surface area contributed by atoms with E-state index in [0.29, 0.717) is 41.1 Å². The molecule has 6 rings (SSSR count). The van der Waals surface area contributed by atoms with Gasteiger partial charge in [-0.2, -0.15) is 0 Å². The standard InChI is InChI=1S/C29H38N6O4S/c1-19-23-16-21(30-19)7-5-6-20-17-28(2,3)34(18-20)26-22(27(36)33-40(23,37)38)8-9-24(31-26)35-14-10-25(32-35)39-15-13-29(4)11-12-29/h8-10,14,16,20,30H,5-7,11-13,15,17-18H2,1-4H3,(H,33,36). The monoisotopic (exact) mass is 566 g/mol. The Labute approximate surface area is 235 Å². The van der Waals surface area contributed by atoms with Crippen molar-refractivity contribution in [1.29, 1.82) is 0 Å². The lowest BCUT2D eigenvalue weighted by atomic mass is 9.92. The number of aryl methyl sites for hydroxylation is 2. The number of sulfonamides is 1. The maximum absolute atomic E-state index is 13.6. The number of hydrogen-bond acceptors (Lipinski definition) is 7. The summed E-state index contributed by atoms with van der Waals surface area (Å²) in [7, 11) is -4.08. The second-order valence-corrected chi connectivity index (χ2v) is 14.3. The minimum absolute atomic E-state index is 0.0994. The van der Waals surface area contributed by atoms with Crippen molar-refractivity contribution in [3.05, 3.63) is 47.4 Å². The Morgan fingerprint density at radius 2 is 1.98 bits per heavy atom. The minimum atomic E-state index is -4.08. The molecule has 4 bridgehead atoms. The minimum Gasteiger partial charge on any atom is -0.477 e. The number of aromatic amines is 1. The molecule has 1 saturated carbocycles. The third kappa shape index (κ3) is 5.23. The highest BCUT2D eigenvalue weighted by Crippen LogP contribution is 2.48. The van der Waals surface area contributed by atoms with Crippen molar-refractivity contribution in [1.82, 2.24) is 24.5 Å². The van der Waals surface area contributed by atoms with E-state index in [1.165, 1.54) is 12.8 Å². The summed E-state index contributed by atoms with van der Waals surface area (Å²) in [4.78, 5) is 23.9. The summed E-state index contributed by atoms with van der Waals surface area (Å²) in [6.07, 6.45) is 8.94. The van der Waals surface area contributed by atoms with E-state index in [9.17, 15) is 13.2 Å². The molecule has 0 radical (unpaired) electrons. The molecule has 40 heavy (non-hydrogen) atoms. The number of fused-ring (bicyclic) bond motifs is 6. The van der Waals surface area contributed by atoms with Gasteiger partial charge in [-0.3, -0.25) is 4.79 Å². The van der Waals surface area contributed by atoms with Crippen LogP contribution in [0.1, 0.15) is 81.0 Å². The van der Waals surface area contributed by atoms with E-state index >= 15 is 0 Å². The summed E-state index contributed by atoms with van der Waals surface area (Å²) in [6.45, 7) is 9.64. The number of H-pyrrole nitrogens is 1. The van der Waals surface area contributed by atoms with E-state index in [1.807, 2.05) is 6.07 Å². The van der Waals surface area contributed by atoms with Crippen LogP contribution in [0.25, 0.3) is 5.82 Å². The normalized spacial score (nSPS) is 22.8. The molecule has 3 aliphatic rings. The molecule has 1 aliphatic carbocycles. The lowest BCUT2D eigenvalue weighted by molar-refractivity contribution is 0.0981. The number of aromatic nitrogens is 4. The van der Waals surface area contributed by atoms with Gasteiger partial charge >= 0.3 is 0 Å². The Balaban J connectivity index is 1.35. The molecule has 3 aromatic heterocycles. The van der Waals surface area contributed by atoms with E-state index in [1.54, 1.807) is 36.0 Å². The van der Waals surface area contributed by atoms with E-state index in [4.69, 9.17) is 9.72 Å². The van der Waals surface area contributed by atoms with Crippen LogP contribution in [0.4, 0.5) is 5.82 Å². The second kappa shape index (κ2) is 9.64. The average Bonchev–Trinajstić information content (AvgIpc) is 3.20. The zero-order valence-electron chi connectivity index (χ0n) is 23.7. The Hall–Kier alpha value is -3.34. The van der Waals surface area contributed by atoms with Crippen LogP contribution in [-0.2, 0) is 16.4 Å². The number of hydrogen-bond donors (Lipinski definition) is 2. The molecule has 2 aliphatic heterocycles. The second-order valence-electron chi connectivity index (χ2n) is 12.7. The van der Waals surface area contributed by atoms with Gasteiger partial charge in [-0.05, 0) is 95.2 Å². The Morgan fingerprint density at radius 3 is 2.75 bits per heavy atom. The van der Waals surface area contributed by atoms with Gasteiger partial charge in [0, 0.05) is 35.7 Å². The zero-order valence-corrected chi connectivity index (χ0v) is 24.5. The first kappa shape index (κ1) is 26.9. The molecule has 3 aromatic rings. The summed E-state index contributed by atoms with van der Waals surface area (Å²) in [5, 5.41) is 4.57. The fourth-order valence-corrected chi connectivity index (χ4v) is 7.33. The van der Waals surface area contributed by atoms with Gasteiger partial charge in [0.2, 0.25) is 5.88 Å². The molecule has 2 N–H and O–H groups in total. The summed E-state index contributed by atoms with van der Waals surface area (Å²) >= 11 is 0. The Morgan fingerprint density at radius 1 is 1.18 bits per heavy atom. The molecule has 1 atom stereocenters. The van der Waals surface area contributed by atoms with E-state index in [-0.39, 0.29) is 16.0 Å². The average molecular weight is 567 g/mol. The topological polar surface area (TPSA) is 122 Å². The van der Waals surface area contributed by atoms with Gasteiger partial charge in [0.05, 0.1) is 12.2 Å². The molecule has 11 heteroatoms. The maximum Gasteiger partial charge on any atom is 0.268 e.